The average Bonchev–Trinajstić information content (AvgIpc) is 2.60. The van der Waals surface area contributed by atoms with Crippen LogP contribution in [0.3, 0.4) is 0 Å². The maximum absolute atomic E-state index is 12.6. The van der Waals surface area contributed by atoms with Crippen molar-refractivity contribution in [1.82, 2.24) is 4.90 Å². The largest absolute Gasteiger partial charge is 0.493 e. The fourth-order valence-electron chi connectivity index (χ4n) is 2.48. The van der Waals surface area contributed by atoms with Crippen LogP contribution in [0, 0.1) is 6.92 Å². The molecule has 128 valence electrons. The number of benzene rings is 2. The number of carbonyl (C=O) groups excluding carboxylic acids is 1. The van der Waals surface area contributed by atoms with Crippen LogP contribution in [0.15, 0.2) is 42.5 Å². The topological polar surface area (TPSA) is 50.8 Å². The molecule has 2 aromatic carbocycles. The molecule has 5 heteroatoms. The fraction of sp³-hybridized carbons (Fsp3) is 0.316. The van der Waals surface area contributed by atoms with Gasteiger partial charge in [0.25, 0.3) is 0 Å². The second-order valence-electron chi connectivity index (χ2n) is 5.74. The zero-order valence-corrected chi connectivity index (χ0v) is 14.8. The quantitative estimate of drug-likeness (QED) is 0.884. The summed E-state index contributed by atoms with van der Waals surface area (Å²) in [6, 6.07) is 12.9. The van der Waals surface area contributed by atoms with E-state index in [1.165, 1.54) is 0 Å². The second-order valence-corrected chi connectivity index (χ2v) is 5.74. The van der Waals surface area contributed by atoms with Gasteiger partial charge in [0, 0.05) is 25.8 Å². The smallest absolute Gasteiger partial charge is 0.249 e. The van der Waals surface area contributed by atoms with Gasteiger partial charge in [-0.1, -0.05) is 30.3 Å². The van der Waals surface area contributed by atoms with Crippen molar-refractivity contribution in [2.75, 3.05) is 33.6 Å². The number of anilines is 1. The Morgan fingerprint density at radius 3 is 2.17 bits per heavy atom. The lowest BCUT2D eigenvalue weighted by Crippen LogP contribution is -2.32. The average molecular weight is 328 g/mol. The molecular formula is C19H24N2O3. The van der Waals surface area contributed by atoms with Gasteiger partial charge >= 0.3 is 0 Å². The number of nitrogens with zero attached hydrogens (tertiary/aromatic N) is 1. The van der Waals surface area contributed by atoms with Crippen LogP contribution < -0.4 is 14.8 Å². The van der Waals surface area contributed by atoms with Crippen LogP contribution in [0.1, 0.15) is 17.2 Å². The van der Waals surface area contributed by atoms with Crippen molar-refractivity contribution >= 4 is 11.6 Å². The molecule has 0 aromatic heterocycles. The van der Waals surface area contributed by atoms with Crippen molar-refractivity contribution in [3.8, 4) is 11.5 Å². The SMILES string of the molecule is COc1cc(C)c(NC(C(=O)N(C)C)c2ccccc2)cc1OC. The number of methoxy groups -OCH3 is 2. The highest BCUT2D eigenvalue weighted by molar-refractivity contribution is 5.86. The highest BCUT2D eigenvalue weighted by atomic mass is 16.5. The first-order valence-corrected chi connectivity index (χ1v) is 7.73. The molecule has 24 heavy (non-hydrogen) atoms. The summed E-state index contributed by atoms with van der Waals surface area (Å²) in [5, 5.41) is 3.34. The minimum Gasteiger partial charge on any atom is -0.493 e. The van der Waals surface area contributed by atoms with Crippen molar-refractivity contribution in [2.45, 2.75) is 13.0 Å². The summed E-state index contributed by atoms with van der Waals surface area (Å²) in [7, 11) is 6.70. The Bertz CT molecular complexity index is 699. The summed E-state index contributed by atoms with van der Waals surface area (Å²) in [5.74, 6) is 1.26. The number of aryl methyl sites for hydroxylation is 1. The molecule has 1 N–H and O–H groups in total. The number of ether oxygens (including phenoxy) is 2. The van der Waals surface area contributed by atoms with Crippen molar-refractivity contribution in [1.29, 1.82) is 0 Å². The Morgan fingerprint density at radius 2 is 1.62 bits per heavy atom. The van der Waals surface area contributed by atoms with E-state index in [1.807, 2.05) is 49.4 Å². The number of rotatable bonds is 6. The molecule has 0 saturated carbocycles. The van der Waals surface area contributed by atoms with Crippen LogP contribution in [0.2, 0.25) is 0 Å². The van der Waals surface area contributed by atoms with Crippen LogP contribution in [-0.2, 0) is 4.79 Å². The number of amides is 1. The van der Waals surface area contributed by atoms with E-state index < -0.39 is 6.04 Å². The van der Waals surface area contributed by atoms with Gasteiger partial charge in [0.2, 0.25) is 5.91 Å². The molecule has 0 radical (unpaired) electrons. The van der Waals surface area contributed by atoms with Gasteiger partial charge in [0.1, 0.15) is 6.04 Å². The molecule has 0 aliphatic rings. The minimum absolute atomic E-state index is 0.0182. The summed E-state index contributed by atoms with van der Waals surface area (Å²) >= 11 is 0. The highest BCUT2D eigenvalue weighted by Crippen LogP contribution is 2.34. The molecule has 0 aliphatic carbocycles. The summed E-state index contributed by atoms with van der Waals surface area (Å²) in [5.41, 5.74) is 2.71. The summed E-state index contributed by atoms with van der Waals surface area (Å²) in [6.07, 6.45) is 0. The number of nitrogens with one attached hydrogen (secondary N) is 1. The van der Waals surface area contributed by atoms with E-state index in [0.717, 1.165) is 16.8 Å². The Hall–Kier alpha value is -2.69. The van der Waals surface area contributed by atoms with E-state index in [2.05, 4.69) is 5.32 Å². The van der Waals surface area contributed by atoms with E-state index >= 15 is 0 Å². The van der Waals surface area contributed by atoms with Gasteiger partial charge in [0.15, 0.2) is 11.5 Å². The molecule has 1 unspecified atom stereocenters. The Morgan fingerprint density at radius 1 is 1.04 bits per heavy atom. The zero-order valence-electron chi connectivity index (χ0n) is 14.8. The lowest BCUT2D eigenvalue weighted by atomic mass is 10.0. The van der Waals surface area contributed by atoms with E-state index in [1.54, 1.807) is 33.2 Å². The first-order valence-electron chi connectivity index (χ1n) is 7.73. The van der Waals surface area contributed by atoms with Gasteiger partial charge in [-0.3, -0.25) is 4.79 Å². The molecule has 5 nitrogen and oxygen atoms in total. The molecule has 2 aromatic rings. The zero-order chi connectivity index (χ0) is 17.7. The third-order valence-electron chi connectivity index (χ3n) is 3.85. The number of hydrogen-bond acceptors (Lipinski definition) is 4. The molecule has 2 rings (SSSR count). The summed E-state index contributed by atoms with van der Waals surface area (Å²) < 4.78 is 10.7. The van der Waals surface area contributed by atoms with Gasteiger partial charge in [0.05, 0.1) is 14.2 Å². The molecular weight excluding hydrogens is 304 g/mol. The maximum atomic E-state index is 12.6. The lowest BCUT2D eigenvalue weighted by molar-refractivity contribution is -0.129. The van der Waals surface area contributed by atoms with Crippen molar-refractivity contribution < 1.29 is 14.3 Å². The van der Waals surface area contributed by atoms with Crippen LogP contribution in [0.5, 0.6) is 11.5 Å². The number of hydrogen-bond donors (Lipinski definition) is 1. The van der Waals surface area contributed by atoms with Gasteiger partial charge in [-0.15, -0.1) is 0 Å². The third-order valence-corrected chi connectivity index (χ3v) is 3.85. The van der Waals surface area contributed by atoms with Crippen molar-refractivity contribution in [2.24, 2.45) is 0 Å². The van der Waals surface area contributed by atoms with Gasteiger partial charge in [-0.2, -0.15) is 0 Å². The van der Waals surface area contributed by atoms with Gasteiger partial charge in [-0.05, 0) is 24.1 Å². The highest BCUT2D eigenvalue weighted by Gasteiger charge is 2.23. The second kappa shape index (κ2) is 7.73. The maximum Gasteiger partial charge on any atom is 0.249 e. The van der Waals surface area contributed by atoms with Gasteiger partial charge < -0.3 is 19.7 Å². The minimum atomic E-state index is -0.474. The normalized spacial score (nSPS) is 11.5. The first kappa shape index (κ1) is 17.7. The Labute approximate surface area is 143 Å². The van der Waals surface area contributed by atoms with Crippen LogP contribution in [0.4, 0.5) is 5.69 Å². The molecule has 0 spiro atoms. The Balaban J connectivity index is 2.42. The third kappa shape index (κ3) is 3.79. The van der Waals surface area contributed by atoms with Crippen LogP contribution in [-0.4, -0.2) is 39.1 Å². The van der Waals surface area contributed by atoms with E-state index in [-0.39, 0.29) is 5.91 Å². The molecule has 0 bridgehead atoms. The summed E-state index contributed by atoms with van der Waals surface area (Å²) in [6.45, 7) is 1.96. The van der Waals surface area contributed by atoms with Crippen LogP contribution >= 0.6 is 0 Å². The predicted octanol–water partition coefficient (Wildman–Crippen LogP) is 3.25. The standard InChI is InChI=1S/C19H24N2O3/c1-13-11-16(23-4)17(24-5)12-15(13)20-18(19(22)21(2)3)14-9-7-6-8-10-14/h6-12,18,20H,1-5H3. The molecule has 0 fully saturated rings. The molecule has 0 heterocycles. The predicted molar refractivity (Wildman–Crippen MR) is 95.8 cm³/mol. The number of carbonyl (C=O) groups is 1. The lowest BCUT2D eigenvalue weighted by Gasteiger charge is -2.24. The molecule has 1 amide bonds. The number of likely N-dealkylation sites (N-methyl/N-ethyl adjacent to an activating group) is 1. The van der Waals surface area contributed by atoms with Gasteiger partial charge in [-0.25, -0.2) is 0 Å². The Kier molecular flexibility index (Phi) is 5.68. The van der Waals surface area contributed by atoms with E-state index in [9.17, 15) is 4.79 Å². The van der Waals surface area contributed by atoms with Crippen molar-refractivity contribution in [3.63, 3.8) is 0 Å². The molecule has 0 aliphatic heterocycles. The van der Waals surface area contributed by atoms with Crippen LogP contribution in [0.25, 0.3) is 0 Å². The summed E-state index contributed by atoms with van der Waals surface area (Å²) in [4.78, 5) is 14.2. The first-order chi connectivity index (χ1) is 11.5. The fourth-order valence-corrected chi connectivity index (χ4v) is 2.48. The van der Waals surface area contributed by atoms with Crippen molar-refractivity contribution in [3.05, 3.63) is 53.6 Å². The molecule has 1 atom stereocenters. The molecule has 0 saturated heterocycles. The van der Waals surface area contributed by atoms with E-state index in [4.69, 9.17) is 9.47 Å². The monoisotopic (exact) mass is 328 g/mol. The van der Waals surface area contributed by atoms with E-state index in [0.29, 0.717) is 11.5 Å².